The number of amides is 1. The van der Waals surface area contributed by atoms with Crippen molar-refractivity contribution in [3.8, 4) is 0 Å². The predicted molar refractivity (Wildman–Crippen MR) is 121 cm³/mol. The average molecular weight is 429 g/mol. The number of benzene rings is 2. The lowest BCUT2D eigenvalue weighted by molar-refractivity contribution is -0.126. The molecule has 1 fully saturated rings. The van der Waals surface area contributed by atoms with Crippen LogP contribution in [0.25, 0.3) is 0 Å². The van der Waals surface area contributed by atoms with E-state index in [1.807, 2.05) is 68.4 Å². The van der Waals surface area contributed by atoms with Crippen molar-refractivity contribution in [1.29, 1.82) is 0 Å². The van der Waals surface area contributed by atoms with E-state index in [0.29, 0.717) is 13.0 Å². The smallest absolute Gasteiger partial charge is 0.224 e. The van der Waals surface area contributed by atoms with Crippen molar-refractivity contribution in [2.24, 2.45) is 5.92 Å². The largest absolute Gasteiger partial charge is 0.349 e. The first-order valence-corrected chi connectivity index (χ1v) is 12.3. The number of carbonyl (C=O) groups is 1. The molecule has 5 nitrogen and oxygen atoms in total. The molecule has 0 aliphatic carbocycles. The Morgan fingerprint density at radius 3 is 2.53 bits per heavy atom. The Kier molecular flexibility index (Phi) is 7.67. The van der Waals surface area contributed by atoms with Crippen LogP contribution in [0.3, 0.4) is 0 Å². The van der Waals surface area contributed by atoms with Gasteiger partial charge >= 0.3 is 0 Å². The Morgan fingerprint density at radius 2 is 1.83 bits per heavy atom. The Balaban J connectivity index is 1.53. The molecule has 2 atom stereocenters. The molecule has 6 heteroatoms. The maximum Gasteiger partial charge on any atom is 0.224 e. The summed E-state index contributed by atoms with van der Waals surface area (Å²) in [7, 11) is -3.35. The highest BCUT2D eigenvalue weighted by Crippen LogP contribution is 2.22. The molecule has 0 bridgehead atoms. The van der Waals surface area contributed by atoms with Gasteiger partial charge in [-0.15, -0.1) is 0 Å². The normalized spacial score (nSPS) is 18.7. The summed E-state index contributed by atoms with van der Waals surface area (Å²) in [6.45, 7) is 4.78. The molecular weight excluding hydrogens is 396 g/mol. The van der Waals surface area contributed by atoms with Crippen LogP contribution in [-0.4, -0.2) is 37.5 Å². The van der Waals surface area contributed by atoms with Crippen molar-refractivity contribution in [3.05, 3.63) is 71.3 Å². The molecule has 162 valence electrons. The van der Waals surface area contributed by atoms with Crippen LogP contribution in [0.4, 0.5) is 0 Å². The summed E-state index contributed by atoms with van der Waals surface area (Å²) in [5.74, 6) is -0.237. The Labute approximate surface area is 180 Å². The van der Waals surface area contributed by atoms with E-state index in [-0.39, 0.29) is 30.2 Å². The molecule has 1 aliphatic rings. The van der Waals surface area contributed by atoms with Crippen molar-refractivity contribution in [3.63, 3.8) is 0 Å². The summed E-state index contributed by atoms with van der Waals surface area (Å²) in [5, 5.41) is 3.06. The molecule has 0 aromatic heterocycles. The monoisotopic (exact) mass is 428 g/mol. The summed E-state index contributed by atoms with van der Waals surface area (Å²) >= 11 is 0. The van der Waals surface area contributed by atoms with Crippen LogP contribution in [0, 0.1) is 12.8 Å². The van der Waals surface area contributed by atoms with Gasteiger partial charge in [-0.1, -0.05) is 60.2 Å². The SMILES string of the molecule is Cc1ccc(C(C)NC(=O)C2CCCN(S(=O)(=O)CCCc3ccccc3)C2)cc1. The third kappa shape index (κ3) is 6.16. The fraction of sp³-hybridized carbons (Fsp3) is 0.458. The lowest BCUT2D eigenvalue weighted by Crippen LogP contribution is -2.46. The molecule has 2 aromatic carbocycles. The van der Waals surface area contributed by atoms with Gasteiger partial charge < -0.3 is 5.32 Å². The van der Waals surface area contributed by atoms with Crippen LogP contribution in [-0.2, 0) is 21.2 Å². The zero-order chi connectivity index (χ0) is 21.6. The molecular formula is C24H32N2O3S. The number of sulfonamides is 1. The minimum Gasteiger partial charge on any atom is -0.349 e. The second-order valence-electron chi connectivity index (χ2n) is 8.24. The zero-order valence-corrected chi connectivity index (χ0v) is 18.7. The third-order valence-corrected chi connectivity index (χ3v) is 7.72. The number of piperidine rings is 1. The number of nitrogens with zero attached hydrogens (tertiary/aromatic N) is 1. The molecule has 1 saturated heterocycles. The highest BCUT2D eigenvalue weighted by Gasteiger charge is 2.32. The second kappa shape index (κ2) is 10.2. The van der Waals surface area contributed by atoms with E-state index >= 15 is 0 Å². The van der Waals surface area contributed by atoms with Gasteiger partial charge in [0.05, 0.1) is 17.7 Å². The van der Waals surface area contributed by atoms with Crippen molar-refractivity contribution in [1.82, 2.24) is 9.62 Å². The molecule has 1 N–H and O–H groups in total. The minimum absolute atomic E-state index is 0.0627. The van der Waals surface area contributed by atoms with Crippen LogP contribution in [0.1, 0.15) is 48.9 Å². The fourth-order valence-corrected chi connectivity index (χ4v) is 5.49. The van der Waals surface area contributed by atoms with Crippen LogP contribution < -0.4 is 5.32 Å². The van der Waals surface area contributed by atoms with E-state index in [1.165, 1.54) is 9.87 Å². The van der Waals surface area contributed by atoms with E-state index < -0.39 is 10.0 Å². The number of carbonyl (C=O) groups excluding carboxylic acids is 1. The summed E-state index contributed by atoms with van der Waals surface area (Å²) in [4.78, 5) is 12.8. The number of nitrogens with one attached hydrogen (secondary N) is 1. The first kappa shape index (κ1) is 22.5. The van der Waals surface area contributed by atoms with Gasteiger partial charge in [-0.2, -0.15) is 0 Å². The van der Waals surface area contributed by atoms with Crippen molar-refractivity contribution < 1.29 is 13.2 Å². The summed E-state index contributed by atoms with van der Waals surface area (Å²) < 4.78 is 27.1. The zero-order valence-electron chi connectivity index (χ0n) is 17.9. The van der Waals surface area contributed by atoms with E-state index in [2.05, 4.69) is 5.32 Å². The van der Waals surface area contributed by atoms with Crippen LogP contribution >= 0.6 is 0 Å². The van der Waals surface area contributed by atoms with Gasteiger partial charge in [0.1, 0.15) is 0 Å². The van der Waals surface area contributed by atoms with Gasteiger partial charge in [-0.25, -0.2) is 12.7 Å². The van der Waals surface area contributed by atoms with Crippen LogP contribution in [0.2, 0.25) is 0 Å². The second-order valence-corrected chi connectivity index (χ2v) is 10.3. The summed E-state index contributed by atoms with van der Waals surface area (Å²) in [6.07, 6.45) is 2.77. The lowest BCUT2D eigenvalue weighted by Gasteiger charge is -2.32. The molecule has 2 unspecified atom stereocenters. The van der Waals surface area contributed by atoms with Gasteiger partial charge in [0, 0.05) is 13.1 Å². The van der Waals surface area contributed by atoms with Gasteiger partial charge in [0.15, 0.2) is 0 Å². The molecule has 3 rings (SSSR count). The molecule has 1 heterocycles. The Hall–Kier alpha value is -2.18. The standard InChI is InChI=1S/C24H32N2O3S/c1-19-12-14-22(15-13-19)20(2)25-24(27)23-11-6-16-26(18-23)30(28,29)17-7-10-21-8-4-3-5-9-21/h3-5,8-9,12-15,20,23H,6-7,10-11,16-18H2,1-2H3,(H,25,27). The summed E-state index contributed by atoms with van der Waals surface area (Å²) in [5.41, 5.74) is 3.38. The van der Waals surface area contributed by atoms with Crippen molar-refractivity contribution >= 4 is 15.9 Å². The molecule has 0 radical (unpaired) electrons. The summed E-state index contributed by atoms with van der Waals surface area (Å²) in [6, 6.07) is 17.9. The Bertz CT molecular complexity index is 927. The topological polar surface area (TPSA) is 66.5 Å². The quantitative estimate of drug-likeness (QED) is 0.695. The van der Waals surface area contributed by atoms with Gasteiger partial charge in [0.25, 0.3) is 0 Å². The molecule has 0 spiro atoms. The van der Waals surface area contributed by atoms with Gasteiger partial charge in [0.2, 0.25) is 15.9 Å². The van der Waals surface area contributed by atoms with E-state index in [1.54, 1.807) is 0 Å². The van der Waals surface area contributed by atoms with E-state index in [0.717, 1.165) is 30.4 Å². The highest BCUT2D eigenvalue weighted by molar-refractivity contribution is 7.89. The Morgan fingerprint density at radius 1 is 1.13 bits per heavy atom. The molecule has 30 heavy (non-hydrogen) atoms. The average Bonchev–Trinajstić information content (AvgIpc) is 2.75. The first-order valence-electron chi connectivity index (χ1n) is 10.7. The van der Waals surface area contributed by atoms with Gasteiger partial charge in [-0.3, -0.25) is 4.79 Å². The number of hydrogen-bond donors (Lipinski definition) is 1. The maximum atomic E-state index is 12.8. The number of rotatable bonds is 8. The van der Waals surface area contributed by atoms with Crippen LogP contribution in [0.5, 0.6) is 0 Å². The lowest BCUT2D eigenvalue weighted by atomic mass is 9.97. The van der Waals surface area contributed by atoms with Crippen molar-refractivity contribution in [2.45, 2.75) is 45.6 Å². The predicted octanol–water partition coefficient (Wildman–Crippen LogP) is 3.85. The van der Waals surface area contributed by atoms with E-state index in [9.17, 15) is 13.2 Å². The molecule has 1 aliphatic heterocycles. The first-order chi connectivity index (χ1) is 14.3. The van der Waals surface area contributed by atoms with Crippen molar-refractivity contribution in [2.75, 3.05) is 18.8 Å². The fourth-order valence-electron chi connectivity index (χ4n) is 3.91. The van der Waals surface area contributed by atoms with Crippen LogP contribution in [0.15, 0.2) is 54.6 Å². The van der Waals surface area contributed by atoms with Gasteiger partial charge in [-0.05, 0) is 50.7 Å². The molecule has 1 amide bonds. The number of aryl methyl sites for hydroxylation is 2. The van der Waals surface area contributed by atoms with E-state index in [4.69, 9.17) is 0 Å². The molecule has 2 aromatic rings. The number of hydrogen-bond acceptors (Lipinski definition) is 3. The maximum absolute atomic E-state index is 12.8. The molecule has 0 saturated carbocycles. The highest BCUT2D eigenvalue weighted by atomic mass is 32.2. The third-order valence-electron chi connectivity index (χ3n) is 5.79. The minimum atomic E-state index is -3.35.